The third-order valence-electron chi connectivity index (χ3n) is 2.10. The molecule has 2 aromatic heterocycles. The fourth-order valence-corrected chi connectivity index (χ4v) is 1.47. The lowest BCUT2D eigenvalue weighted by atomic mass is 10.2. The van der Waals surface area contributed by atoms with Gasteiger partial charge < -0.3 is 5.32 Å². The highest BCUT2D eigenvalue weighted by atomic mass is 16.1. The molecule has 2 rings (SSSR count). The lowest BCUT2D eigenvalue weighted by Crippen LogP contribution is -2.21. The van der Waals surface area contributed by atoms with E-state index in [1.165, 1.54) is 0 Å². The van der Waals surface area contributed by atoms with Gasteiger partial charge in [0.15, 0.2) is 0 Å². The Labute approximate surface area is 81.5 Å². The van der Waals surface area contributed by atoms with Crippen LogP contribution in [0.5, 0.6) is 0 Å². The van der Waals surface area contributed by atoms with Gasteiger partial charge in [-0.3, -0.25) is 4.79 Å². The molecule has 1 amide bonds. The molecular weight excluding hydrogens is 178 g/mol. The van der Waals surface area contributed by atoms with Crippen molar-refractivity contribution in [3.8, 4) is 0 Å². The summed E-state index contributed by atoms with van der Waals surface area (Å²) in [6.07, 6.45) is 1.68. The molecule has 72 valence electrons. The molecule has 4 heteroatoms. The molecule has 2 heterocycles. The molecule has 0 spiro atoms. The fourth-order valence-electron chi connectivity index (χ4n) is 1.47. The number of pyridine rings is 1. The number of fused-ring (bicyclic) bond motifs is 1. The summed E-state index contributed by atoms with van der Waals surface area (Å²) in [7, 11) is 1.61. The van der Waals surface area contributed by atoms with Crippen LogP contribution in [0.1, 0.15) is 16.1 Å². The summed E-state index contributed by atoms with van der Waals surface area (Å²) < 4.78 is 1.63. The predicted octanol–water partition coefficient (Wildman–Crippen LogP) is 1.00. The van der Waals surface area contributed by atoms with Crippen LogP contribution in [0.2, 0.25) is 0 Å². The molecule has 0 aromatic carbocycles. The van der Waals surface area contributed by atoms with Crippen LogP contribution in [0.25, 0.3) is 5.52 Å². The number of nitrogens with zero attached hydrogens (tertiary/aromatic N) is 2. The molecule has 0 saturated heterocycles. The summed E-state index contributed by atoms with van der Waals surface area (Å²) in [5, 5.41) is 6.68. The van der Waals surface area contributed by atoms with Crippen molar-refractivity contribution in [1.82, 2.24) is 14.9 Å². The Hall–Kier alpha value is -1.84. The Morgan fingerprint density at radius 1 is 1.50 bits per heavy atom. The van der Waals surface area contributed by atoms with Crippen molar-refractivity contribution in [2.24, 2.45) is 0 Å². The molecule has 0 aliphatic carbocycles. The molecule has 0 unspecified atom stereocenters. The molecule has 0 radical (unpaired) electrons. The number of nitrogens with one attached hydrogen (secondary N) is 1. The highest BCUT2D eigenvalue weighted by molar-refractivity contribution is 5.93. The van der Waals surface area contributed by atoms with Crippen molar-refractivity contribution in [2.75, 3.05) is 7.05 Å². The molecule has 0 atom stereocenters. The van der Waals surface area contributed by atoms with Crippen LogP contribution in [0.4, 0.5) is 0 Å². The first-order chi connectivity index (χ1) is 6.72. The summed E-state index contributed by atoms with van der Waals surface area (Å²) in [5.41, 5.74) is 2.55. The highest BCUT2D eigenvalue weighted by Gasteiger charge is 2.09. The van der Waals surface area contributed by atoms with Gasteiger partial charge in [-0.15, -0.1) is 0 Å². The van der Waals surface area contributed by atoms with Gasteiger partial charge in [-0.05, 0) is 30.7 Å². The zero-order valence-corrected chi connectivity index (χ0v) is 8.11. The van der Waals surface area contributed by atoms with Crippen molar-refractivity contribution in [1.29, 1.82) is 0 Å². The zero-order chi connectivity index (χ0) is 10.1. The Bertz CT molecular complexity index is 487. The highest BCUT2D eigenvalue weighted by Crippen LogP contribution is 2.10. The van der Waals surface area contributed by atoms with Crippen molar-refractivity contribution in [2.45, 2.75) is 6.92 Å². The van der Waals surface area contributed by atoms with E-state index in [1.807, 2.05) is 25.1 Å². The second-order valence-electron chi connectivity index (χ2n) is 3.16. The zero-order valence-electron chi connectivity index (χ0n) is 8.11. The molecule has 0 saturated carbocycles. The molecule has 0 fully saturated rings. The van der Waals surface area contributed by atoms with E-state index in [2.05, 4.69) is 10.4 Å². The van der Waals surface area contributed by atoms with Crippen LogP contribution in [0, 0.1) is 6.92 Å². The van der Waals surface area contributed by atoms with Crippen molar-refractivity contribution in [3.63, 3.8) is 0 Å². The summed E-state index contributed by atoms with van der Waals surface area (Å²) in [6, 6.07) is 5.68. The van der Waals surface area contributed by atoms with Crippen LogP contribution in [-0.4, -0.2) is 22.6 Å². The monoisotopic (exact) mass is 189 g/mol. The van der Waals surface area contributed by atoms with Gasteiger partial charge in [0.05, 0.1) is 11.7 Å². The van der Waals surface area contributed by atoms with E-state index >= 15 is 0 Å². The van der Waals surface area contributed by atoms with E-state index in [-0.39, 0.29) is 5.91 Å². The average Bonchev–Trinajstić information content (AvgIpc) is 2.62. The van der Waals surface area contributed by atoms with Crippen molar-refractivity contribution in [3.05, 3.63) is 35.7 Å². The number of rotatable bonds is 1. The van der Waals surface area contributed by atoms with E-state index in [1.54, 1.807) is 17.8 Å². The number of aromatic nitrogens is 2. The SMILES string of the molecule is CNC(=O)c1cc(C)cc2ccnn12. The standard InChI is InChI=1S/C10H11N3O/c1-7-5-8-3-4-12-13(8)9(6-7)10(14)11-2/h3-6H,1-2H3,(H,11,14). The van der Waals surface area contributed by atoms with Gasteiger partial charge >= 0.3 is 0 Å². The summed E-state index contributed by atoms with van der Waals surface area (Å²) >= 11 is 0. The second-order valence-corrected chi connectivity index (χ2v) is 3.16. The van der Waals surface area contributed by atoms with E-state index < -0.39 is 0 Å². The third kappa shape index (κ3) is 1.25. The van der Waals surface area contributed by atoms with Gasteiger partial charge in [-0.1, -0.05) is 0 Å². The maximum Gasteiger partial charge on any atom is 0.269 e. The molecule has 0 bridgehead atoms. The molecule has 1 N–H and O–H groups in total. The molecule has 4 nitrogen and oxygen atoms in total. The number of hydrogen-bond acceptors (Lipinski definition) is 2. The number of hydrogen-bond donors (Lipinski definition) is 1. The summed E-state index contributed by atoms with van der Waals surface area (Å²) in [6.45, 7) is 1.96. The Morgan fingerprint density at radius 2 is 2.29 bits per heavy atom. The normalized spacial score (nSPS) is 10.4. The van der Waals surface area contributed by atoms with Crippen LogP contribution < -0.4 is 5.32 Å². The van der Waals surface area contributed by atoms with Crippen LogP contribution in [-0.2, 0) is 0 Å². The minimum Gasteiger partial charge on any atom is -0.354 e. The van der Waals surface area contributed by atoms with E-state index in [9.17, 15) is 4.79 Å². The third-order valence-corrected chi connectivity index (χ3v) is 2.10. The van der Waals surface area contributed by atoms with E-state index in [0.29, 0.717) is 5.69 Å². The molecule has 0 aliphatic rings. The van der Waals surface area contributed by atoms with Gasteiger partial charge in [-0.25, -0.2) is 4.52 Å². The van der Waals surface area contributed by atoms with Gasteiger partial charge in [0.1, 0.15) is 5.69 Å². The fraction of sp³-hybridized carbons (Fsp3) is 0.200. The second kappa shape index (κ2) is 3.14. The Kier molecular flexibility index (Phi) is 1.96. The van der Waals surface area contributed by atoms with Crippen LogP contribution in [0.15, 0.2) is 24.4 Å². The summed E-state index contributed by atoms with van der Waals surface area (Å²) in [5.74, 6) is -0.123. The molecule has 2 aromatic rings. The Balaban J connectivity index is 2.72. The van der Waals surface area contributed by atoms with Gasteiger partial charge in [0, 0.05) is 7.05 Å². The molecule has 0 aliphatic heterocycles. The molecular formula is C10H11N3O. The van der Waals surface area contributed by atoms with Gasteiger partial charge in [-0.2, -0.15) is 5.10 Å². The first-order valence-electron chi connectivity index (χ1n) is 4.39. The minimum absolute atomic E-state index is 0.123. The number of amides is 1. The Morgan fingerprint density at radius 3 is 3.00 bits per heavy atom. The van der Waals surface area contributed by atoms with E-state index in [4.69, 9.17) is 0 Å². The van der Waals surface area contributed by atoms with Crippen molar-refractivity contribution < 1.29 is 4.79 Å². The maximum absolute atomic E-state index is 11.5. The lowest BCUT2D eigenvalue weighted by Gasteiger charge is -2.04. The first kappa shape index (κ1) is 8.74. The van der Waals surface area contributed by atoms with Gasteiger partial charge in [0.2, 0.25) is 0 Å². The van der Waals surface area contributed by atoms with Crippen LogP contribution >= 0.6 is 0 Å². The van der Waals surface area contributed by atoms with E-state index in [0.717, 1.165) is 11.1 Å². The largest absolute Gasteiger partial charge is 0.354 e. The predicted molar refractivity (Wildman–Crippen MR) is 53.3 cm³/mol. The number of carbonyl (C=O) groups excluding carboxylic acids is 1. The number of carbonyl (C=O) groups is 1. The van der Waals surface area contributed by atoms with Crippen LogP contribution in [0.3, 0.4) is 0 Å². The topological polar surface area (TPSA) is 46.4 Å². The first-order valence-corrected chi connectivity index (χ1v) is 4.39. The minimum atomic E-state index is -0.123. The smallest absolute Gasteiger partial charge is 0.269 e. The quantitative estimate of drug-likeness (QED) is 0.727. The summed E-state index contributed by atoms with van der Waals surface area (Å²) in [4.78, 5) is 11.5. The van der Waals surface area contributed by atoms with Gasteiger partial charge in [0.25, 0.3) is 5.91 Å². The van der Waals surface area contributed by atoms with Crippen molar-refractivity contribution >= 4 is 11.4 Å². The average molecular weight is 189 g/mol. The number of aryl methyl sites for hydroxylation is 1. The molecule has 14 heavy (non-hydrogen) atoms. The lowest BCUT2D eigenvalue weighted by molar-refractivity contribution is 0.0955. The maximum atomic E-state index is 11.5.